The Hall–Kier alpha value is -3.16. The van der Waals surface area contributed by atoms with Gasteiger partial charge in [0.25, 0.3) is 0 Å². The number of ether oxygens (including phenoxy) is 1. The Balaban J connectivity index is 2.25. The lowest BCUT2D eigenvalue weighted by atomic mass is 10.1. The Kier molecular flexibility index (Phi) is 4.98. The molecule has 0 saturated carbocycles. The fourth-order valence-corrected chi connectivity index (χ4v) is 2.75. The minimum Gasteiger partial charge on any atom is -0.462 e. The van der Waals surface area contributed by atoms with Gasteiger partial charge in [-0.1, -0.05) is 6.07 Å². The third-order valence-corrected chi connectivity index (χ3v) is 3.98. The monoisotopic (exact) mass is 376 g/mol. The first-order valence-corrected chi connectivity index (χ1v) is 8.11. The summed E-state index contributed by atoms with van der Waals surface area (Å²) in [4.78, 5) is 28.8. The molecule has 0 spiro atoms. The molecule has 0 amide bonds. The second kappa shape index (κ2) is 7.22. The quantitative estimate of drug-likeness (QED) is 0.653. The van der Waals surface area contributed by atoms with E-state index in [-0.39, 0.29) is 29.6 Å². The molecule has 0 saturated heterocycles. The summed E-state index contributed by atoms with van der Waals surface area (Å²) in [6.45, 7) is 1.85. The van der Waals surface area contributed by atoms with Crippen LogP contribution >= 0.6 is 0 Å². The second-order valence-electron chi connectivity index (χ2n) is 5.81. The van der Waals surface area contributed by atoms with Gasteiger partial charge in [-0.25, -0.2) is 4.79 Å². The van der Waals surface area contributed by atoms with Gasteiger partial charge >= 0.3 is 12.1 Å². The number of halogens is 3. The van der Waals surface area contributed by atoms with E-state index in [4.69, 9.17) is 4.74 Å². The molecule has 0 radical (unpaired) electrons. The molecule has 1 aromatic carbocycles. The molecular weight excluding hydrogens is 361 g/mol. The minimum atomic E-state index is -4.60. The summed E-state index contributed by atoms with van der Waals surface area (Å²) in [7, 11) is 0. The molecule has 27 heavy (non-hydrogen) atoms. The number of benzene rings is 1. The van der Waals surface area contributed by atoms with Crippen molar-refractivity contribution in [2.75, 3.05) is 6.61 Å². The van der Waals surface area contributed by atoms with Crippen molar-refractivity contribution < 1.29 is 22.7 Å². The second-order valence-corrected chi connectivity index (χ2v) is 5.81. The number of esters is 1. The van der Waals surface area contributed by atoms with Crippen molar-refractivity contribution in [2.45, 2.75) is 19.6 Å². The van der Waals surface area contributed by atoms with Gasteiger partial charge < -0.3 is 9.30 Å². The summed E-state index contributed by atoms with van der Waals surface area (Å²) in [5.74, 6) is -0.873. The van der Waals surface area contributed by atoms with Gasteiger partial charge in [0.1, 0.15) is 5.56 Å². The van der Waals surface area contributed by atoms with E-state index in [1.807, 2.05) is 0 Å². The highest BCUT2D eigenvalue weighted by Gasteiger charge is 2.31. The molecule has 0 bridgehead atoms. The number of carbonyl (C=O) groups is 1. The van der Waals surface area contributed by atoms with Crippen LogP contribution in [0.2, 0.25) is 0 Å². The normalized spacial score (nSPS) is 11.6. The van der Waals surface area contributed by atoms with Gasteiger partial charge in [-0.2, -0.15) is 13.2 Å². The topological polar surface area (TPSA) is 61.2 Å². The first kappa shape index (κ1) is 18.6. The Morgan fingerprint density at radius 3 is 2.67 bits per heavy atom. The maximum absolute atomic E-state index is 13.1. The number of hydrogen-bond acceptors (Lipinski definition) is 4. The predicted molar refractivity (Wildman–Crippen MR) is 92.5 cm³/mol. The van der Waals surface area contributed by atoms with Crippen LogP contribution in [0, 0.1) is 0 Å². The molecule has 2 heterocycles. The maximum Gasteiger partial charge on any atom is 0.416 e. The predicted octanol–water partition coefficient (Wildman–Crippen LogP) is 3.64. The molecule has 140 valence electrons. The molecular formula is C19H15F3N2O3. The van der Waals surface area contributed by atoms with Crippen LogP contribution in [0.5, 0.6) is 0 Å². The summed E-state index contributed by atoms with van der Waals surface area (Å²) in [6, 6.07) is 6.40. The molecule has 0 aliphatic rings. The number of fused-ring (bicyclic) bond motifs is 1. The number of alkyl halides is 3. The molecule has 5 nitrogen and oxygen atoms in total. The van der Waals surface area contributed by atoms with E-state index in [2.05, 4.69) is 4.98 Å². The number of rotatable bonds is 4. The molecule has 0 unspecified atom stereocenters. The largest absolute Gasteiger partial charge is 0.462 e. The van der Waals surface area contributed by atoms with Crippen LogP contribution in [0.1, 0.15) is 28.4 Å². The molecule has 0 N–H and O–H groups in total. The highest BCUT2D eigenvalue weighted by molar-refractivity contribution is 5.94. The van der Waals surface area contributed by atoms with Crippen LogP contribution in [0.3, 0.4) is 0 Å². The Labute approximate surface area is 152 Å². The van der Waals surface area contributed by atoms with E-state index in [1.165, 1.54) is 12.3 Å². The molecule has 2 aromatic heterocycles. The highest BCUT2D eigenvalue weighted by Crippen LogP contribution is 2.31. The van der Waals surface area contributed by atoms with Crippen LogP contribution < -0.4 is 5.43 Å². The van der Waals surface area contributed by atoms with Crippen molar-refractivity contribution >= 4 is 16.9 Å². The van der Waals surface area contributed by atoms with Crippen molar-refractivity contribution in [3.05, 3.63) is 75.8 Å². The summed E-state index contributed by atoms with van der Waals surface area (Å²) < 4.78 is 45.6. The van der Waals surface area contributed by atoms with Crippen LogP contribution in [0.15, 0.2) is 53.7 Å². The average Bonchev–Trinajstić information content (AvgIpc) is 2.64. The standard InChI is InChI=1S/C19H15F3N2O3/c1-2-27-18(26)15-11-24(10-12-4-3-7-23-9-12)16-6-5-13(19(20,21)22)8-14(16)17(15)25/h3-9,11H,2,10H2,1H3. The van der Waals surface area contributed by atoms with E-state index in [9.17, 15) is 22.8 Å². The van der Waals surface area contributed by atoms with E-state index in [0.717, 1.165) is 17.7 Å². The molecule has 3 aromatic rings. The van der Waals surface area contributed by atoms with Gasteiger partial charge in [-0.15, -0.1) is 0 Å². The van der Waals surface area contributed by atoms with Crippen molar-refractivity contribution in [1.82, 2.24) is 9.55 Å². The number of aromatic nitrogens is 2. The number of carbonyl (C=O) groups excluding carboxylic acids is 1. The first-order valence-electron chi connectivity index (χ1n) is 8.11. The number of nitrogens with zero attached hydrogens (tertiary/aromatic N) is 2. The molecule has 3 rings (SSSR count). The Morgan fingerprint density at radius 2 is 2.04 bits per heavy atom. The van der Waals surface area contributed by atoms with Gasteiger partial charge in [-0.3, -0.25) is 9.78 Å². The van der Waals surface area contributed by atoms with E-state index in [0.29, 0.717) is 0 Å². The SMILES string of the molecule is CCOC(=O)c1cn(Cc2cccnc2)c2ccc(C(F)(F)F)cc2c1=O. The first-order chi connectivity index (χ1) is 12.8. The molecule has 0 fully saturated rings. The zero-order valence-corrected chi connectivity index (χ0v) is 14.3. The van der Waals surface area contributed by atoms with Gasteiger partial charge in [-0.05, 0) is 36.8 Å². The van der Waals surface area contributed by atoms with Gasteiger partial charge in [0.2, 0.25) is 5.43 Å². The molecule has 8 heteroatoms. The van der Waals surface area contributed by atoms with E-state index >= 15 is 0 Å². The lowest BCUT2D eigenvalue weighted by Gasteiger charge is -2.15. The lowest BCUT2D eigenvalue weighted by molar-refractivity contribution is -0.137. The number of hydrogen-bond donors (Lipinski definition) is 0. The van der Waals surface area contributed by atoms with Crippen LogP contribution in [-0.2, 0) is 17.5 Å². The van der Waals surface area contributed by atoms with Crippen molar-refractivity contribution in [3.63, 3.8) is 0 Å². The number of pyridine rings is 2. The molecule has 0 aliphatic heterocycles. The van der Waals surface area contributed by atoms with Crippen molar-refractivity contribution in [3.8, 4) is 0 Å². The lowest BCUT2D eigenvalue weighted by Crippen LogP contribution is -2.21. The van der Waals surface area contributed by atoms with Crippen LogP contribution in [0.4, 0.5) is 13.2 Å². The van der Waals surface area contributed by atoms with E-state index in [1.54, 1.807) is 36.0 Å². The summed E-state index contributed by atoms with van der Waals surface area (Å²) in [6.07, 6.45) is -0.109. The van der Waals surface area contributed by atoms with Gasteiger partial charge in [0, 0.05) is 30.5 Å². The molecule has 0 aliphatic carbocycles. The fourth-order valence-electron chi connectivity index (χ4n) is 2.75. The third-order valence-electron chi connectivity index (χ3n) is 3.98. The van der Waals surface area contributed by atoms with Crippen molar-refractivity contribution in [1.29, 1.82) is 0 Å². The zero-order chi connectivity index (χ0) is 19.6. The van der Waals surface area contributed by atoms with Crippen LogP contribution in [0.25, 0.3) is 10.9 Å². The third kappa shape index (κ3) is 3.84. The Bertz CT molecular complexity index is 1040. The van der Waals surface area contributed by atoms with Crippen LogP contribution in [-0.4, -0.2) is 22.1 Å². The van der Waals surface area contributed by atoms with Crippen molar-refractivity contribution in [2.24, 2.45) is 0 Å². The summed E-state index contributed by atoms with van der Waals surface area (Å²) >= 11 is 0. The smallest absolute Gasteiger partial charge is 0.416 e. The summed E-state index contributed by atoms with van der Waals surface area (Å²) in [5.41, 5.74) is -1.02. The molecule has 0 atom stereocenters. The highest BCUT2D eigenvalue weighted by atomic mass is 19.4. The Morgan fingerprint density at radius 1 is 1.26 bits per heavy atom. The minimum absolute atomic E-state index is 0.0432. The zero-order valence-electron chi connectivity index (χ0n) is 14.3. The fraction of sp³-hybridized carbons (Fsp3) is 0.211. The van der Waals surface area contributed by atoms with Gasteiger partial charge in [0.05, 0.1) is 17.7 Å². The maximum atomic E-state index is 13.1. The van der Waals surface area contributed by atoms with E-state index < -0.39 is 23.1 Å². The average molecular weight is 376 g/mol. The van der Waals surface area contributed by atoms with Gasteiger partial charge in [0.15, 0.2) is 0 Å². The summed E-state index contributed by atoms with van der Waals surface area (Å²) in [5, 5.41) is -0.195.